The summed E-state index contributed by atoms with van der Waals surface area (Å²) >= 11 is 0. The molecule has 1 aromatic carbocycles. The van der Waals surface area contributed by atoms with E-state index in [1.54, 1.807) is 7.11 Å². The van der Waals surface area contributed by atoms with Crippen molar-refractivity contribution in [3.8, 4) is 11.5 Å². The van der Waals surface area contributed by atoms with Gasteiger partial charge in [-0.2, -0.15) is 0 Å². The van der Waals surface area contributed by atoms with Crippen molar-refractivity contribution in [2.45, 2.75) is 19.4 Å². The number of hydrogen-bond donors (Lipinski definition) is 1. The molecule has 2 aliphatic heterocycles. The average molecular weight is 302 g/mol. The predicted molar refractivity (Wildman–Crippen MR) is 84.8 cm³/mol. The van der Waals surface area contributed by atoms with Crippen molar-refractivity contribution in [3.63, 3.8) is 0 Å². The Morgan fingerprint density at radius 1 is 1.50 bits per heavy atom. The van der Waals surface area contributed by atoms with Gasteiger partial charge in [0.1, 0.15) is 6.61 Å². The summed E-state index contributed by atoms with van der Waals surface area (Å²) in [5, 5.41) is 0. The largest absolute Gasteiger partial charge is 0.493 e. The molecule has 118 valence electrons. The van der Waals surface area contributed by atoms with Crippen molar-refractivity contribution in [1.82, 2.24) is 4.90 Å². The molecule has 0 aromatic heterocycles. The third-order valence-corrected chi connectivity index (χ3v) is 4.46. The maximum Gasteiger partial charge on any atom is 0.253 e. The fraction of sp³-hybridized carbons (Fsp3) is 0.471. The molecule has 2 aliphatic rings. The molecule has 1 fully saturated rings. The monoisotopic (exact) mass is 302 g/mol. The van der Waals surface area contributed by atoms with Crippen LogP contribution >= 0.6 is 0 Å². The molecule has 0 bridgehead atoms. The molecular weight excluding hydrogens is 280 g/mol. The lowest BCUT2D eigenvalue weighted by Crippen LogP contribution is -2.37. The smallest absolute Gasteiger partial charge is 0.253 e. The summed E-state index contributed by atoms with van der Waals surface area (Å²) in [4.78, 5) is 14.7. The molecule has 0 aliphatic carbocycles. The van der Waals surface area contributed by atoms with Gasteiger partial charge in [0, 0.05) is 18.2 Å². The average Bonchev–Trinajstić information content (AvgIpc) is 2.94. The van der Waals surface area contributed by atoms with Gasteiger partial charge in [0.15, 0.2) is 11.5 Å². The standard InChI is InChI=1S/C17H22N2O3/c1-11-6-12(8-18)9-19(11)17(20)14-7-13-4-3-5-15(21-2)16(13)22-10-14/h3-5,7,11-12H,6,8-10,18H2,1-2H3. The summed E-state index contributed by atoms with van der Waals surface area (Å²) in [6, 6.07) is 5.91. The third-order valence-electron chi connectivity index (χ3n) is 4.46. The summed E-state index contributed by atoms with van der Waals surface area (Å²) in [5.41, 5.74) is 7.31. The van der Waals surface area contributed by atoms with Crippen molar-refractivity contribution in [2.24, 2.45) is 11.7 Å². The highest BCUT2D eigenvalue weighted by atomic mass is 16.5. The SMILES string of the molecule is COc1cccc2c1OCC(C(=O)N1CC(CN)CC1C)=C2. The molecule has 2 heterocycles. The molecule has 1 aromatic rings. The van der Waals surface area contributed by atoms with Crippen molar-refractivity contribution < 1.29 is 14.3 Å². The number of para-hydroxylation sites is 1. The van der Waals surface area contributed by atoms with Crippen LogP contribution in [0.3, 0.4) is 0 Å². The van der Waals surface area contributed by atoms with Gasteiger partial charge < -0.3 is 20.1 Å². The molecule has 0 spiro atoms. The van der Waals surface area contributed by atoms with Crippen LogP contribution in [0.4, 0.5) is 0 Å². The van der Waals surface area contributed by atoms with Crippen LogP contribution in [0.5, 0.6) is 11.5 Å². The zero-order valence-corrected chi connectivity index (χ0v) is 13.0. The van der Waals surface area contributed by atoms with E-state index in [-0.39, 0.29) is 18.6 Å². The van der Waals surface area contributed by atoms with E-state index in [1.807, 2.05) is 29.2 Å². The molecule has 5 nitrogen and oxygen atoms in total. The van der Waals surface area contributed by atoms with Gasteiger partial charge in [0.2, 0.25) is 0 Å². The number of nitrogens with zero attached hydrogens (tertiary/aromatic N) is 1. The summed E-state index contributed by atoms with van der Waals surface area (Å²) in [5.74, 6) is 1.85. The van der Waals surface area contributed by atoms with E-state index in [4.69, 9.17) is 15.2 Å². The van der Waals surface area contributed by atoms with E-state index in [0.717, 1.165) is 18.5 Å². The van der Waals surface area contributed by atoms with Crippen LogP contribution in [0.2, 0.25) is 0 Å². The summed E-state index contributed by atoms with van der Waals surface area (Å²) in [6.45, 7) is 3.72. The molecule has 2 unspecified atom stereocenters. The Bertz CT molecular complexity index is 612. The topological polar surface area (TPSA) is 64.8 Å². The van der Waals surface area contributed by atoms with Crippen LogP contribution in [0.1, 0.15) is 18.9 Å². The second kappa shape index (κ2) is 6.01. The first-order valence-electron chi connectivity index (χ1n) is 7.65. The second-order valence-electron chi connectivity index (χ2n) is 5.98. The third kappa shape index (κ3) is 2.57. The van der Waals surface area contributed by atoms with Gasteiger partial charge in [0.05, 0.1) is 12.7 Å². The Morgan fingerprint density at radius 3 is 3.00 bits per heavy atom. The molecule has 22 heavy (non-hydrogen) atoms. The van der Waals surface area contributed by atoms with E-state index in [2.05, 4.69) is 6.92 Å². The highest BCUT2D eigenvalue weighted by Crippen LogP contribution is 2.36. The zero-order valence-electron chi connectivity index (χ0n) is 13.0. The number of nitrogens with two attached hydrogens (primary N) is 1. The number of likely N-dealkylation sites (tertiary alicyclic amines) is 1. The van der Waals surface area contributed by atoms with E-state index in [9.17, 15) is 4.79 Å². The first-order valence-corrected chi connectivity index (χ1v) is 7.65. The number of fused-ring (bicyclic) bond motifs is 1. The van der Waals surface area contributed by atoms with Crippen molar-refractivity contribution in [1.29, 1.82) is 0 Å². The molecular formula is C17H22N2O3. The first kappa shape index (κ1) is 14.9. The van der Waals surface area contributed by atoms with Crippen LogP contribution in [-0.4, -0.2) is 43.7 Å². The minimum absolute atomic E-state index is 0.0527. The Morgan fingerprint density at radius 2 is 2.32 bits per heavy atom. The van der Waals surface area contributed by atoms with E-state index >= 15 is 0 Å². The van der Waals surface area contributed by atoms with Gasteiger partial charge in [-0.1, -0.05) is 12.1 Å². The fourth-order valence-electron chi connectivity index (χ4n) is 3.25. The lowest BCUT2D eigenvalue weighted by Gasteiger charge is -2.26. The molecule has 5 heteroatoms. The maximum absolute atomic E-state index is 12.7. The van der Waals surface area contributed by atoms with E-state index < -0.39 is 0 Å². The van der Waals surface area contributed by atoms with Crippen LogP contribution in [0.25, 0.3) is 6.08 Å². The highest BCUT2D eigenvalue weighted by Gasteiger charge is 2.34. The lowest BCUT2D eigenvalue weighted by atomic mass is 10.1. The molecule has 3 rings (SSSR count). The number of hydrogen-bond acceptors (Lipinski definition) is 4. The van der Waals surface area contributed by atoms with Crippen LogP contribution in [-0.2, 0) is 4.79 Å². The molecule has 0 radical (unpaired) electrons. The number of carbonyl (C=O) groups excluding carboxylic acids is 1. The van der Waals surface area contributed by atoms with E-state index in [1.165, 1.54) is 0 Å². The predicted octanol–water partition coefficient (Wildman–Crippen LogP) is 1.67. The normalized spacial score (nSPS) is 23.6. The summed E-state index contributed by atoms with van der Waals surface area (Å²) in [7, 11) is 1.61. The van der Waals surface area contributed by atoms with Crippen LogP contribution < -0.4 is 15.2 Å². The second-order valence-corrected chi connectivity index (χ2v) is 5.98. The number of carbonyl (C=O) groups is 1. The summed E-state index contributed by atoms with van der Waals surface area (Å²) in [6.07, 6.45) is 2.88. The molecule has 2 atom stereocenters. The van der Waals surface area contributed by atoms with E-state index in [0.29, 0.717) is 29.5 Å². The Balaban J connectivity index is 1.84. The van der Waals surface area contributed by atoms with Crippen molar-refractivity contribution in [3.05, 3.63) is 29.3 Å². The first-order chi connectivity index (χ1) is 10.6. The Hall–Kier alpha value is -2.01. The van der Waals surface area contributed by atoms with Gasteiger partial charge in [-0.15, -0.1) is 0 Å². The molecule has 2 N–H and O–H groups in total. The van der Waals surface area contributed by atoms with Gasteiger partial charge in [0.25, 0.3) is 5.91 Å². The Labute approximate surface area is 130 Å². The van der Waals surface area contributed by atoms with Crippen molar-refractivity contribution >= 4 is 12.0 Å². The summed E-state index contributed by atoms with van der Waals surface area (Å²) < 4.78 is 11.1. The number of methoxy groups -OCH3 is 1. The fourth-order valence-corrected chi connectivity index (χ4v) is 3.25. The molecule has 1 saturated heterocycles. The lowest BCUT2D eigenvalue weighted by molar-refractivity contribution is -0.128. The zero-order chi connectivity index (χ0) is 15.7. The Kier molecular flexibility index (Phi) is 4.07. The van der Waals surface area contributed by atoms with Gasteiger partial charge in [-0.05, 0) is 37.9 Å². The maximum atomic E-state index is 12.7. The molecule has 1 amide bonds. The minimum atomic E-state index is 0.0527. The van der Waals surface area contributed by atoms with Crippen LogP contribution in [0, 0.1) is 5.92 Å². The number of ether oxygens (including phenoxy) is 2. The quantitative estimate of drug-likeness (QED) is 0.922. The van der Waals surface area contributed by atoms with Gasteiger partial charge in [-0.3, -0.25) is 4.79 Å². The number of benzene rings is 1. The number of amides is 1. The highest BCUT2D eigenvalue weighted by molar-refractivity contribution is 5.99. The van der Waals surface area contributed by atoms with Crippen molar-refractivity contribution in [2.75, 3.05) is 26.8 Å². The van der Waals surface area contributed by atoms with Crippen LogP contribution in [0.15, 0.2) is 23.8 Å². The van der Waals surface area contributed by atoms with Gasteiger partial charge in [-0.25, -0.2) is 0 Å². The molecule has 0 saturated carbocycles. The van der Waals surface area contributed by atoms with Gasteiger partial charge >= 0.3 is 0 Å². The minimum Gasteiger partial charge on any atom is -0.493 e. The number of rotatable bonds is 3.